The third-order valence-electron chi connectivity index (χ3n) is 3.35. The maximum absolute atomic E-state index is 5.92. The first-order valence-electron chi connectivity index (χ1n) is 6.62. The molecule has 1 aliphatic carbocycles. The highest BCUT2D eigenvalue weighted by Gasteiger charge is 2.27. The van der Waals surface area contributed by atoms with Crippen molar-refractivity contribution in [1.82, 2.24) is 19.5 Å². The van der Waals surface area contributed by atoms with Crippen molar-refractivity contribution in [3.05, 3.63) is 24.3 Å². The number of nitrogens with two attached hydrogens (primary N) is 1. The molecule has 0 radical (unpaired) electrons. The smallest absolute Gasteiger partial charge is 0.180 e. The Bertz CT molecular complexity index is 605. The van der Waals surface area contributed by atoms with E-state index in [4.69, 9.17) is 5.73 Å². The second kappa shape index (κ2) is 4.05. The lowest BCUT2D eigenvalue weighted by atomic mass is 9.92. The molecule has 19 heavy (non-hydrogen) atoms. The standard InChI is InChI=1S/C14H19N5/c1-14(2,3)11-6-12(15)18-13(17-11)10-7-16-8-19(10)9-4-5-9/h6-9H,4-5H2,1-3H3,(H2,15,17,18). The van der Waals surface area contributed by atoms with Gasteiger partial charge in [0.2, 0.25) is 0 Å². The van der Waals surface area contributed by atoms with Crippen molar-refractivity contribution in [3.8, 4) is 11.5 Å². The molecule has 0 bridgehead atoms. The van der Waals surface area contributed by atoms with Gasteiger partial charge in [-0.15, -0.1) is 0 Å². The molecular formula is C14H19N5. The maximum atomic E-state index is 5.92. The van der Waals surface area contributed by atoms with E-state index in [1.807, 2.05) is 18.6 Å². The lowest BCUT2D eigenvalue weighted by molar-refractivity contribution is 0.568. The van der Waals surface area contributed by atoms with Gasteiger partial charge in [0.25, 0.3) is 0 Å². The topological polar surface area (TPSA) is 69.6 Å². The zero-order chi connectivity index (χ0) is 13.6. The number of anilines is 1. The molecule has 0 aliphatic heterocycles. The lowest BCUT2D eigenvalue weighted by Crippen LogP contribution is -2.16. The van der Waals surface area contributed by atoms with Gasteiger partial charge in [-0.3, -0.25) is 0 Å². The summed E-state index contributed by atoms with van der Waals surface area (Å²) in [4.78, 5) is 13.3. The molecule has 0 aromatic carbocycles. The Morgan fingerprint density at radius 3 is 2.63 bits per heavy atom. The summed E-state index contributed by atoms with van der Waals surface area (Å²) in [6.07, 6.45) is 6.09. The van der Waals surface area contributed by atoms with Crippen LogP contribution in [0.2, 0.25) is 0 Å². The summed E-state index contributed by atoms with van der Waals surface area (Å²) < 4.78 is 2.15. The molecule has 2 aromatic heterocycles. The Morgan fingerprint density at radius 1 is 1.26 bits per heavy atom. The number of hydrogen-bond acceptors (Lipinski definition) is 4. The largest absolute Gasteiger partial charge is 0.384 e. The molecule has 2 N–H and O–H groups in total. The fourth-order valence-corrected chi connectivity index (χ4v) is 2.09. The summed E-state index contributed by atoms with van der Waals surface area (Å²) in [5, 5.41) is 0. The molecule has 0 amide bonds. The average molecular weight is 257 g/mol. The fourth-order valence-electron chi connectivity index (χ4n) is 2.09. The van der Waals surface area contributed by atoms with E-state index in [0.717, 1.165) is 11.4 Å². The Morgan fingerprint density at radius 2 is 2.00 bits per heavy atom. The van der Waals surface area contributed by atoms with Gasteiger partial charge in [0.05, 0.1) is 18.2 Å². The fraction of sp³-hybridized carbons (Fsp3) is 0.500. The Kier molecular flexibility index (Phi) is 2.59. The summed E-state index contributed by atoms with van der Waals surface area (Å²) in [5.41, 5.74) is 7.79. The van der Waals surface area contributed by atoms with Crippen molar-refractivity contribution in [2.24, 2.45) is 0 Å². The number of aromatic nitrogens is 4. The summed E-state index contributed by atoms with van der Waals surface area (Å²) in [5.74, 6) is 1.19. The third-order valence-corrected chi connectivity index (χ3v) is 3.35. The zero-order valence-corrected chi connectivity index (χ0v) is 11.6. The minimum absolute atomic E-state index is 0.0454. The second-order valence-electron chi connectivity index (χ2n) is 6.17. The molecule has 5 nitrogen and oxygen atoms in total. The molecule has 0 spiro atoms. The number of hydrogen-bond donors (Lipinski definition) is 1. The number of rotatable bonds is 2. The predicted octanol–water partition coefficient (Wildman–Crippen LogP) is 2.55. The van der Waals surface area contributed by atoms with E-state index < -0.39 is 0 Å². The van der Waals surface area contributed by atoms with Crippen LogP contribution in [0.5, 0.6) is 0 Å². The molecule has 5 heteroatoms. The van der Waals surface area contributed by atoms with Crippen molar-refractivity contribution >= 4 is 5.82 Å². The minimum atomic E-state index is -0.0454. The lowest BCUT2D eigenvalue weighted by Gasteiger charge is -2.18. The molecule has 1 fully saturated rings. The van der Waals surface area contributed by atoms with E-state index in [-0.39, 0.29) is 5.41 Å². The van der Waals surface area contributed by atoms with E-state index >= 15 is 0 Å². The van der Waals surface area contributed by atoms with Gasteiger partial charge in [-0.25, -0.2) is 15.0 Å². The van der Waals surface area contributed by atoms with Crippen LogP contribution in [0.1, 0.15) is 45.3 Å². The normalized spacial score (nSPS) is 15.7. The van der Waals surface area contributed by atoms with Gasteiger partial charge in [0.1, 0.15) is 11.5 Å². The van der Waals surface area contributed by atoms with E-state index in [1.54, 1.807) is 0 Å². The van der Waals surface area contributed by atoms with E-state index in [1.165, 1.54) is 12.8 Å². The van der Waals surface area contributed by atoms with Crippen LogP contribution in [0.3, 0.4) is 0 Å². The highest BCUT2D eigenvalue weighted by atomic mass is 15.1. The summed E-state index contributed by atoms with van der Waals surface area (Å²) >= 11 is 0. The van der Waals surface area contributed by atoms with Crippen molar-refractivity contribution in [2.45, 2.75) is 45.1 Å². The number of nitrogens with zero attached hydrogens (tertiary/aromatic N) is 4. The molecule has 0 saturated heterocycles. The van der Waals surface area contributed by atoms with Crippen LogP contribution >= 0.6 is 0 Å². The van der Waals surface area contributed by atoms with Crippen molar-refractivity contribution in [3.63, 3.8) is 0 Å². The molecule has 1 aliphatic rings. The third kappa shape index (κ3) is 2.32. The Labute approximate surface area is 112 Å². The second-order valence-corrected chi connectivity index (χ2v) is 6.17. The Hall–Kier alpha value is -1.91. The van der Waals surface area contributed by atoms with Crippen LogP contribution in [0.4, 0.5) is 5.82 Å². The molecule has 100 valence electrons. The van der Waals surface area contributed by atoms with Crippen LogP contribution in [0.15, 0.2) is 18.6 Å². The summed E-state index contributed by atoms with van der Waals surface area (Å²) in [6.45, 7) is 6.37. The predicted molar refractivity (Wildman–Crippen MR) is 74.6 cm³/mol. The molecule has 2 aromatic rings. The first-order valence-corrected chi connectivity index (χ1v) is 6.62. The maximum Gasteiger partial charge on any atom is 0.180 e. The molecule has 0 unspecified atom stereocenters. The first-order chi connectivity index (χ1) is 8.95. The van der Waals surface area contributed by atoms with Gasteiger partial charge in [0.15, 0.2) is 5.82 Å². The van der Waals surface area contributed by atoms with Crippen molar-refractivity contribution < 1.29 is 0 Å². The quantitative estimate of drug-likeness (QED) is 0.897. The van der Waals surface area contributed by atoms with Crippen molar-refractivity contribution in [1.29, 1.82) is 0 Å². The number of nitrogen functional groups attached to an aromatic ring is 1. The summed E-state index contributed by atoms with van der Waals surface area (Å²) in [7, 11) is 0. The van der Waals surface area contributed by atoms with Crippen LogP contribution in [-0.4, -0.2) is 19.5 Å². The average Bonchev–Trinajstić information content (AvgIpc) is 3.05. The van der Waals surface area contributed by atoms with E-state index in [0.29, 0.717) is 17.7 Å². The minimum Gasteiger partial charge on any atom is -0.384 e. The van der Waals surface area contributed by atoms with Crippen molar-refractivity contribution in [2.75, 3.05) is 5.73 Å². The molecule has 3 rings (SSSR count). The van der Waals surface area contributed by atoms with Crippen LogP contribution in [-0.2, 0) is 5.41 Å². The number of imidazole rings is 1. The highest BCUT2D eigenvalue weighted by molar-refractivity contribution is 5.53. The van der Waals surface area contributed by atoms with Gasteiger partial charge in [-0.05, 0) is 12.8 Å². The van der Waals surface area contributed by atoms with Gasteiger partial charge in [0, 0.05) is 17.5 Å². The van der Waals surface area contributed by atoms with Crippen LogP contribution in [0.25, 0.3) is 11.5 Å². The van der Waals surface area contributed by atoms with Gasteiger partial charge < -0.3 is 10.3 Å². The molecular weight excluding hydrogens is 238 g/mol. The van der Waals surface area contributed by atoms with E-state index in [2.05, 4.69) is 40.3 Å². The molecule has 0 atom stereocenters. The first kappa shape index (κ1) is 12.1. The Balaban J connectivity index is 2.09. The van der Waals surface area contributed by atoms with Crippen LogP contribution in [0, 0.1) is 0 Å². The van der Waals surface area contributed by atoms with Crippen LogP contribution < -0.4 is 5.73 Å². The van der Waals surface area contributed by atoms with Gasteiger partial charge >= 0.3 is 0 Å². The summed E-state index contributed by atoms with van der Waals surface area (Å²) in [6, 6.07) is 2.40. The van der Waals surface area contributed by atoms with E-state index in [9.17, 15) is 0 Å². The van der Waals surface area contributed by atoms with Gasteiger partial charge in [-0.1, -0.05) is 20.8 Å². The molecule has 2 heterocycles. The zero-order valence-electron chi connectivity index (χ0n) is 11.6. The highest BCUT2D eigenvalue weighted by Crippen LogP contribution is 2.37. The monoisotopic (exact) mass is 257 g/mol. The van der Waals surface area contributed by atoms with Gasteiger partial charge in [-0.2, -0.15) is 0 Å². The molecule has 1 saturated carbocycles. The SMILES string of the molecule is CC(C)(C)c1cc(N)nc(-c2cncn2C2CC2)n1.